The summed E-state index contributed by atoms with van der Waals surface area (Å²) in [6.07, 6.45) is -0.362. The molecule has 0 aliphatic rings. The van der Waals surface area contributed by atoms with Gasteiger partial charge in [-0.05, 0) is 24.6 Å². The maximum Gasteiger partial charge on any atom is 0.276 e. The van der Waals surface area contributed by atoms with E-state index in [4.69, 9.17) is 9.15 Å². The van der Waals surface area contributed by atoms with E-state index in [0.29, 0.717) is 5.89 Å². The normalized spacial score (nSPS) is 11.6. The number of aromatic nitrogens is 2. The molecular weight excluding hydrogens is 310 g/mol. The van der Waals surface area contributed by atoms with E-state index in [-0.39, 0.29) is 30.4 Å². The molecule has 2 rings (SSSR count). The lowest BCUT2D eigenvalue weighted by molar-refractivity contribution is -0.00528. The number of alkyl halides is 2. The SMILES string of the molecule is CCC(F)(F)CCSc1nnc(COc2cccc(C)c2)o1. The summed E-state index contributed by atoms with van der Waals surface area (Å²) in [5, 5.41) is 7.94. The van der Waals surface area contributed by atoms with Crippen molar-refractivity contribution < 1.29 is 17.9 Å². The number of hydrogen-bond acceptors (Lipinski definition) is 5. The number of ether oxygens (including phenoxy) is 1. The summed E-state index contributed by atoms with van der Waals surface area (Å²) in [4.78, 5) is 0. The number of nitrogens with zero attached hydrogens (tertiary/aromatic N) is 2. The lowest BCUT2D eigenvalue weighted by Gasteiger charge is -2.11. The van der Waals surface area contributed by atoms with Gasteiger partial charge in [-0.2, -0.15) is 0 Å². The second-order valence-corrected chi connectivity index (χ2v) is 5.92. The number of halogens is 2. The highest BCUT2D eigenvalue weighted by atomic mass is 32.2. The van der Waals surface area contributed by atoms with Gasteiger partial charge in [0.1, 0.15) is 5.75 Å². The van der Waals surface area contributed by atoms with Gasteiger partial charge >= 0.3 is 0 Å². The predicted molar refractivity (Wildman–Crippen MR) is 80.4 cm³/mol. The highest BCUT2D eigenvalue weighted by Gasteiger charge is 2.25. The molecule has 22 heavy (non-hydrogen) atoms. The highest BCUT2D eigenvalue weighted by molar-refractivity contribution is 7.99. The largest absolute Gasteiger partial charge is 0.484 e. The van der Waals surface area contributed by atoms with Crippen LogP contribution in [0.2, 0.25) is 0 Å². The van der Waals surface area contributed by atoms with Crippen molar-refractivity contribution in [2.75, 3.05) is 5.75 Å². The van der Waals surface area contributed by atoms with Crippen LogP contribution in [0.3, 0.4) is 0 Å². The first-order valence-electron chi connectivity index (χ1n) is 7.01. The summed E-state index contributed by atoms with van der Waals surface area (Å²) in [7, 11) is 0. The van der Waals surface area contributed by atoms with Crippen LogP contribution in [0.25, 0.3) is 0 Å². The van der Waals surface area contributed by atoms with E-state index in [1.54, 1.807) is 0 Å². The Morgan fingerprint density at radius 3 is 2.86 bits per heavy atom. The molecule has 0 amide bonds. The van der Waals surface area contributed by atoms with Gasteiger partial charge in [0.15, 0.2) is 6.61 Å². The van der Waals surface area contributed by atoms with Gasteiger partial charge in [-0.15, -0.1) is 10.2 Å². The zero-order valence-corrected chi connectivity index (χ0v) is 13.3. The van der Waals surface area contributed by atoms with E-state index in [1.165, 1.54) is 6.92 Å². The summed E-state index contributed by atoms with van der Waals surface area (Å²) in [5.41, 5.74) is 1.09. The van der Waals surface area contributed by atoms with Gasteiger partial charge in [-0.3, -0.25) is 0 Å². The molecule has 120 valence electrons. The molecule has 0 radical (unpaired) electrons. The predicted octanol–water partition coefficient (Wildman–Crippen LogP) is 4.48. The van der Waals surface area contributed by atoms with Gasteiger partial charge in [-0.25, -0.2) is 8.78 Å². The molecule has 4 nitrogen and oxygen atoms in total. The van der Waals surface area contributed by atoms with E-state index >= 15 is 0 Å². The Morgan fingerprint density at radius 1 is 1.32 bits per heavy atom. The quantitative estimate of drug-likeness (QED) is 0.668. The van der Waals surface area contributed by atoms with Gasteiger partial charge in [0.05, 0.1) is 0 Å². The van der Waals surface area contributed by atoms with Crippen molar-refractivity contribution in [1.82, 2.24) is 10.2 Å². The molecule has 0 atom stereocenters. The van der Waals surface area contributed by atoms with Crippen molar-refractivity contribution in [2.45, 2.75) is 44.4 Å². The molecule has 0 aliphatic heterocycles. The van der Waals surface area contributed by atoms with Crippen LogP contribution in [-0.2, 0) is 6.61 Å². The Kier molecular flexibility index (Phi) is 5.76. The third-order valence-corrected chi connectivity index (χ3v) is 3.83. The van der Waals surface area contributed by atoms with E-state index < -0.39 is 5.92 Å². The zero-order chi connectivity index (χ0) is 16.0. The van der Waals surface area contributed by atoms with Gasteiger partial charge < -0.3 is 9.15 Å². The fourth-order valence-corrected chi connectivity index (χ4v) is 2.50. The second kappa shape index (κ2) is 7.58. The molecule has 0 unspecified atom stereocenters. The van der Waals surface area contributed by atoms with Crippen molar-refractivity contribution in [3.05, 3.63) is 35.7 Å². The number of hydrogen-bond donors (Lipinski definition) is 0. The van der Waals surface area contributed by atoms with Crippen molar-refractivity contribution >= 4 is 11.8 Å². The first-order chi connectivity index (χ1) is 10.5. The number of benzene rings is 1. The highest BCUT2D eigenvalue weighted by Crippen LogP contribution is 2.27. The number of rotatable bonds is 8. The Morgan fingerprint density at radius 2 is 2.14 bits per heavy atom. The summed E-state index contributed by atoms with van der Waals surface area (Å²) in [5.74, 6) is -1.35. The van der Waals surface area contributed by atoms with Crippen molar-refractivity contribution in [2.24, 2.45) is 0 Å². The molecule has 0 N–H and O–H groups in total. The molecule has 0 saturated heterocycles. The topological polar surface area (TPSA) is 48.2 Å². The molecule has 1 aromatic carbocycles. The van der Waals surface area contributed by atoms with Crippen molar-refractivity contribution in [3.63, 3.8) is 0 Å². The average molecular weight is 328 g/mol. The smallest absolute Gasteiger partial charge is 0.276 e. The maximum absolute atomic E-state index is 13.1. The third-order valence-electron chi connectivity index (χ3n) is 3.01. The molecule has 1 heterocycles. The summed E-state index contributed by atoms with van der Waals surface area (Å²) >= 11 is 1.13. The van der Waals surface area contributed by atoms with Crippen LogP contribution in [-0.4, -0.2) is 21.9 Å². The lowest BCUT2D eigenvalue weighted by atomic mass is 10.2. The van der Waals surface area contributed by atoms with Gasteiger partial charge in [0.25, 0.3) is 11.1 Å². The standard InChI is InChI=1S/C15H18F2N2O2S/c1-3-15(16,17)7-8-22-14-19-18-13(21-14)10-20-12-6-4-5-11(2)9-12/h4-6,9H,3,7-8,10H2,1-2H3. The van der Waals surface area contributed by atoms with E-state index in [2.05, 4.69) is 10.2 Å². The van der Waals surface area contributed by atoms with Crippen LogP contribution >= 0.6 is 11.8 Å². The van der Waals surface area contributed by atoms with Crippen LogP contribution in [0.1, 0.15) is 31.2 Å². The first-order valence-corrected chi connectivity index (χ1v) is 7.99. The number of aryl methyl sites for hydroxylation is 1. The molecular formula is C15H18F2N2O2S. The fourth-order valence-electron chi connectivity index (χ4n) is 1.67. The molecule has 0 fully saturated rings. The van der Waals surface area contributed by atoms with Crippen LogP contribution in [0.5, 0.6) is 5.75 Å². The minimum Gasteiger partial charge on any atom is -0.484 e. The average Bonchev–Trinajstić information content (AvgIpc) is 2.93. The van der Waals surface area contributed by atoms with E-state index in [0.717, 1.165) is 23.1 Å². The van der Waals surface area contributed by atoms with Gasteiger partial charge in [0, 0.05) is 18.6 Å². The molecule has 7 heteroatoms. The van der Waals surface area contributed by atoms with Crippen molar-refractivity contribution in [3.8, 4) is 5.75 Å². The summed E-state index contributed by atoms with van der Waals surface area (Å²) < 4.78 is 37.1. The molecule has 0 bridgehead atoms. The molecule has 1 aromatic heterocycles. The number of thioether (sulfide) groups is 1. The van der Waals surface area contributed by atoms with Crippen LogP contribution in [0.4, 0.5) is 8.78 Å². The Hall–Kier alpha value is -1.63. The molecule has 0 aliphatic carbocycles. The lowest BCUT2D eigenvalue weighted by Crippen LogP contribution is -2.14. The Balaban J connectivity index is 1.79. The Bertz CT molecular complexity index is 605. The third kappa shape index (κ3) is 5.29. The van der Waals surface area contributed by atoms with Crippen molar-refractivity contribution in [1.29, 1.82) is 0 Å². The summed E-state index contributed by atoms with van der Waals surface area (Å²) in [6, 6.07) is 7.61. The maximum atomic E-state index is 13.1. The van der Waals surface area contributed by atoms with Crippen LogP contribution in [0.15, 0.2) is 33.9 Å². The fraction of sp³-hybridized carbons (Fsp3) is 0.467. The molecule has 0 saturated carbocycles. The second-order valence-electron chi connectivity index (χ2n) is 4.87. The Labute approximate surface area is 132 Å². The summed E-state index contributed by atoms with van der Waals surface area (Å²) in [6.45, 7) is 3.60. The minimum atomic E-state index is -2.63. The first kappa shape index (κ1) is 16.7. The molecule has 0 spiro atoms. The van der Waals surface area contributed by atoms with Gasteiger partial charge in [-0.1, -0.05) is 30.8 Å². The molecule has 2 aromatic rings. The minimum absolute atomic E-state index is 0.155. The van der Waals surface area contributed by atoms with E-state index in [9.17, 15) is 8.78 Å². The zero-order valence-electron chi connectivity index (χ0n) is 12.5. The van der Waals surface area contributed by atoms with Crippen LogP contribution < -0.4 is 4.74 Å². The van der Waals surface area contributed by atoms with Gasteiger partial charge in [0.2, 0.25) is 5.92 Å². The van der Waals surface area contributed by atoms with Crippen LogP contribution in [0, 0.1) is 6.92 Å². The van der Waals surface area contributed by atoms with E-state index in [1.807, 2.05) is 31.2 Å². The monoisotopic (exact) mass is 328 g/mol.